The number of pyridine rings is 1. The summed E-state index contributed by atoms with van der Waals surface area (Å²) >= 11 is 9.09. The van der Waals surface area contributed by atoms with Gasteiger partial charge in [-0.2, -0.15) is 0 Å². The number of anilines is 1. The fraction of sp³-hybridized carbons (Fsp3) is 0.455. The molecule has 2 heterocycles. The molecule has 0 aliphatic carbocycles. The summed E-state index contributed by atoms with van der Waals surface area (Å²) in [6, 6.07) is 1.62. The molecule has 1 fully saturated rings. The van der Waals surface area contributed by atoms with Gasteiger partial charge in [-0.1, -0.05) is 11.6 Å². The second-order valence-electron chi connectivity index (χ2n) is 4.21. The van der Waals surface area contributed by atoms with E-state index in [0.717, 1.165) is 0 Å². The number of amides is 1. The highest BCUT2D eigenvalue weighted by atomic mass is 79.9. The van der Waals surface area contributed by atoms with Crippen LogP contribution in [-0.2, 0) is 9.53 Å². The fourth-order valence-electron chi connectivity index (χ4n) is 1.72. The standard InChI is InChI=1S/C11H13BrClN3O2/c12-9-8(5-7(13)6-15-9)16-10(17)11(14)1-3-18-4-2-11/h5-6H,1-4,14H2,(H,16,17). The average Bonchev–Trinajstić information content (AvgIpc) is 2.35. The zero-order valence-corrected chi connectivity index (χ0v) is 11.9. The minimum absolute atomic E-state index is 0.240. The molecule has 1 aliphatic rings. The lowest BCUT2D eigenvalue weighted by Gasteiger charge is -2.31. The van der Waals surface area contributed by atoms with Crippen LogP contribution in [0.2, 0.25) is 5.02 Å². The van der Waals surface area contributed by atoms with E-state index in [-0.39, 0.29) is 5.91 Å². The van der Waals surface area contributed by atoms with E-state index in [1.54, 1.807) is 6.07 Å². The maximum Gasteiger partial charge on any atom is 0.244 e. The molecule has 1 saturated heterocycles. The summed E-state index contributed by atoms with van der Waals surface area (Å²) < 4.78 is 5.73. The molecular weight excluding hydrogens is 321 g/mol. The Labute approximate surface area is 118 Å². The normalized spacial score (nSPS) is 18.4. The Kier molecular flexibility index (Phi) is 4.21. The lowest BCUT2D eigenvalue weighted by Crippen LogP contribution is -2.54. The second-order valence-corrected chi connectivity index (χ2v) is 5.40. The lowest BCUT2D eigenvalue weighted by molar-refractivity contribution is -0.124. The molecule has 0 spiro atoms. The zero-order chi connectivity index (χ0) is 13.2. The van der Waals surface area contributed by atoms with E-state index in [9.17, 15) is 4.79 Å². The van der Waals surface area contributed by atoms with Crippen LogP contribution >= 0.6 is 27.5 Å². The van der Waals surface area contributed by atoms with Crippen LogP contribution in [0.15, 0.2) is 16.9 Å². The van der Waals surface area contributed by atoms with Crippen LogP contribution in [0.25, 0.3) is 0 Å². The van der Waals surface area contributed by atoms with Gasteiger partial charge in [-0.3, -0.25) is 4.79 Å². The van der Waals surface area contributed by atoms with Crippen molar-refractivity contribution in [3.63, 3.8) is 0 Å². The number of carbonyl (C=O) groups is 1. The van der Waals surface area contributed by atoms with Crippen LogP contribution in [0.4, 0.5) is 5.69 Å². The van der Waals surface area contributed by atoms with Crippen molar-refractivity contribution in [2.45, 2.75) is 18.4 Å². The maximum atomic E-state index is 12.2. The first-order valence-electron chi connectivity index (χ1n) is 5.50. The molecule has 1 aromatic rings. The average molecular weight is 335 g/mol. The number of ether oxygens (including phenoxy) is 1. The first-order chi connectivity index (χ1) is 8.51. The summed E-state index contributed by atoms with van der Waals surface area (Å²) in [7, 11) is 0. The van der Waals surface area contributed by atoms with Gasteiger partial charge in [-0.15, -0.1) is 0 Å². The van der Waals surface area contributed by atoms with Gasteiger partial charge in [0.25, 0.3) is 0 Å². The smallest absolute Gasteiger partial charge is 0.244 e. The van der Waals surface area contributed by atoms with Crippen molar-refractivity contribution < 1.29 is 9.53 Å². The number of halogens is 2. The van der Waals surface area contributed by atoms with Crippen LogP contribution in [0, 0.1) is 0 Å². The molecule has 3 N–H and O–H groups in total. The molecule has 0 atom stereocenters. The van der Waals surface area contributed by atoms with Gasteiger partial charge in [-0.05, 0) is 34.8 Å². The van der Waals surface area contributed by atoms with E-state index in [1.165, 1.54) is 6.20 Å². The van der Waals surface area contributed by atoms with Gasteiger partial charge in [0.1, 0.15) is 10.1 Å². The third-order valence-corrected chi connectivity index (χ3v) is 3.73. The fourth-order valence-corrected chi connectivity index (χ4v) is 2.19. The Bertz CT molecular complexity index is 464. The van der Waals surface area contributed by atoms with Gasteiger partial charge in [0.15, 0.2) is 0 Å². The van der Waals surface area contributed by atoms with E-state index < -0.39 is 5.54 Å². The largest absolute Gasteiger partial charge is 0.381 e. The third-order valence-electron chi connectivity index (χ3n) is 2.89. The summed E-state index contributed by atoms with van der Waals surface area (Å²) in [5.74, 6) is -0.240. The quantitative estimate of drug-likeness (QED) is 0.810. The number of carbonyl (C=O) groups excluding carboxylic acids is 1. The predicted octanol–water partition coefficient (Wildman–Crippen LogP) is 1.94. The Morgan fingerprint density at radius 2 is 2.22 bits per heavy atom. The van der Waals surface area contributed by atoms with Crippen molar-refractivity contribution in [1.29, 1.82) is 0 Å². The van der Waals surface area contributed by atoms with E-state index in [0.29, 0.717) is 41.4 Å². The molecule has 18 heavy (non-hydrogen) atoms. The van der Waals surface area contributed by atoms with Gasteiger partial charge < -0.3 is 15.8 Å². The van der Waals surface area contributed by atoms with Crippen LogP contribution in [0.1, 0.15) is 12.8 Å². The highest BCUT2D eigenvalue weighted by molar-refractivity contribution is 9.10. The number of nitrogens with one attached hydrogen (secondary N) is 1. The lowest BCUT2D eigenvalue weighted by atomic mass is 9.90. The van der Waals surface area contributed by atoms with Crippen LogP contribution in [-0.4, -0.2) is 29.6 Å². The number of nitrogens with two attached hydrogens (primary N) is 1. The number of aromatic nitrogens is 1. The molecular formula is C11H13BrClN3O2. The highest BCUT2D eigenvalue weighted by Crippen LogP contribution is 2.26. The molecule has 0 aromatic carbocycles. The van der Waals surface area contributed by atoms with Crippen LogP contribution < -0.4 is 11.1 Å². The summed E-state index contributed by atoms with van der Waals surface area (Å²) in [5.41, 5.74) is 5.71. The van der Waals surface area contributed by atoms with Crippen molar-refractivity contribution in [3.8, 4) is 0 Å². The minimum Gasteiger partial charge on any atom is -0.381 e. The highest BCUT2D eigenvalue weighted by Gasteiger charge is 2.36. The van der Waals surface area contributed by atoms with Crippen LogP contribution in [0.5, 0.6) is 0 Å². The molecule has 1 aromatic heterocycles. The number of hydrogen-bond acceptors (Lipinski definition) is 4. The molecule has 98 valence electrons. The maximum absolute atomic E-state index is 12.2. The van der Waals surface area contributed by atoms with Gasteiger partial charge in [0.05, 0.1) is 10.7 Å². The van der Waals surface area contributed by atoms with Crippen molar-refractivity contribution >= 4 is 39.1 Å². The van der Waals surface area contributed by atoms with Gasteiger partial charge in [0, 0.05) is 19.4 Å². The van der Waals surface area contributed by atoms with E-state index >= 15 is 0 Å². The van der Waals surface area contributed by atoms with E-state index in [4.69, 9.17) is 22.1 Å². The molecule has 0 radical (unpaired) electrons. The molecule has 1 aliphatic heterocycles. The predicted molar refractivity (Wildman–Crippen MR) is 72.5 cm³/mol. The Hall–Kier alpha value is -0.690. The number of rotatable bonds is 2. The first kappa shape index (κ1) is 13.7. The SMILES string of the molecule is NC1(C(=O)Nc2cc(Cl)cnc2Br)CCOCC1. The molecule has 0 unspecified atom stereocenters. The van der Waals surface area contributed by atoms with Crippen molar-refractivity contribution in [3.05, 3.63) is 21.9 Å². The van der Waals surface area contributed by atoms with Crippen molar-refractivity contribution in [1.82, 2.24) is 4.98 Å². The van der Waals surface area contributed by atoms with Gasteiger partial charge in [-0.25, -0.2) is 4.98 Å². The van der Waals surface area contributed by atoms with E-state index in [1.807, 2.05) is 0 Å². The summed E-state index contributed by atoms with van der Waals surface area (Å²) in [5, 5.41) is 3.20. The molecule has 5 nitrogen and oxygen atoms in total. The second kappa shape index (κ2) is 5.52. The van der Waals surface area contributed by atoms with Gasteiger partial charge in [0.2, 0.25) is 5.91 Å². The molecule has 1 amide bonds. The Morgan fingerprint density at radius 1 is 1.56 bits per heavy atom. The van der Waals surface area contributed by atoms with Crippen LogP contribution in [0.3, 0.4) is 0 Å². The first-order valence-corrected chi connectivity index (χ1v) is 6.67. The number of nitrogens with zero attached hydrogens (tertiary/aromatic N) is 1. The number of hydrogen-bond donors (Lipinski definition) is 2. The molecule has 7 heteroatoms. The molecule has 0 saturated carbocycles. The topological polar surface area (TPSA) is 77.2 Å². The summed E-state index contributed by atoms with van der Waals surface area (Å²) in [4.78, 5) is 16.2. The molecule has 0 bridgehead atoms. The Morgan fingerprint density at radius 3 is 2.89 bits per heavy atom. The summed E-state index contributed by atoms with van der Waals surface area (Å²) in [6.45, 7) is 0.998. The molecule has 2 rings (SSSR count). The van der Waals surface area contributed by atoms with Gasteiger partial charge >= 0.3 is 0 Å². The van der Waals surface area contributed by atoms with Crippen molar-refractivity contribution in [2.75, 3.05) is 18.5 Å². The third kappa shape index (κ3) is 3.00. The Balaban J connectivity index is 2.13. The van der Waals surface area contributed by atoms with Crippen molar-refractivity contribution in [2.24, 2.45) is 5.73 Å². The zero-order valence-electron chi connectivity index (χ0n) is 9.58. The monoisotopic (exact) mass is 333 g/mol. The minimum atomic E-state index is -0.889. The summed E-state index contributed by atoms with van der Waals surface area (Å²) in [6.07, 6.45) is 2.50. The van der Waals surface area contributed by atoms with E-state index in [2.05, 4.69) is 26.2 Å².